The molecule has 2 aromatic carbocycles. The van der Waals surface area contributed by atoms with Gasteiger partial charge in [-0.05, 0) is 23.6 Å². The molecular formula is C16H20NO2P. The molecule has 20 heavy (non-hydrogen) atoms. The Morgan fingerprint density at radius 3 is 2.40 bits per heavy atom. The van der Waals surface area contributed by atoms with E-state index < -0.39 is 7.52 Å². The molecule has 1 atom stereocenters. The van der Waals surface area contributed by atoms with E-state index in [0.717, 1.165) is 16.7 Å². The van der Waals surface area contributed by atoms with Gasteiger partial charge in [0.05, 0.1) is 6.61 Å². The first-order chi connectivity index (χ1) is 9.57. The Kier molecular flexibility index (Phi) is 5.13. The molecule has 1 N–H and O–H groups in total. The molecule has 0 aliphatic rings. The van der Waals surface area contributed by atoms with Gasteiger partial charge in [-0.3, -0.25) is 4.57 Å². The average Bonchev–Trinajstić information content (AvgIpc) is 2.46. The van der Waals surface area contributed by atoms with Crippen molar-refractivity contribution in [1.82, 2.24) is 5.09 Å². The summed E-state index contributed by atoms with van der Waals surface area (Å²) in [4.78, 5) is 0. The number of rotatable bonds is 6. The van der Waals surface area contributed by atoms with Gasteiger partial charge in [-0.2, -0.15) is 0 Å². The molecule has 2 rings (SSSR count). The Bertz CT molecular complexity index is 598. The van der Waals surface area contributed by atoms with E-state index in [9.17, 15) is 4.57 Å². The molecule has 0 amide bonds. The van der Waals surface area contributed by atoms with E-state index in [1.165, 1.54) is 0 Å². The second-order valence-corrected chi connectivity index (χ2v) is 7.13. The van der Waals surface area contributed by atoms with Crippen molar-refractivity contribution in [2.75, 3.05) is 6.66 Å². The van der Waals surface area contributed by atoms with Crippen molar-refractivity contribution in [3.05, 3.63) is 71.3 Å². The minimum Gasteiger partial charge on any atom is -0.313 e. The zero-order valence-corrected chi connectivity index (χ0v) is 12.8. The molecule has 0 aromatic heterocycles. The van der Waals surface area contributed by atoms with Crippen LogP contribution in [0.25, 0.3) is 0 Å². The number of hydrogen-bond acceptors (Lipinski definition) is 2. The van der Waals surface area contributed by atoms with Crippen molar-refractivity contribution in [2.45, 2.75) is 20.1 Å². The second-order valence-electron chi connectivity index (χ2n) is 4.87. The highest BCUT2D eigenvalue weighted by Crippen LogP contribution is 2.39. The minimum absolute atomic E-state index is 0.363. The Balaban J connectivity index is 1.88. The van der Waals surface area contributed by atoms with Crippen LogP contribution in [-0.4, -0.2) is 6.66 Å². The molecule has 4 heteroatoms. The summed E-state index contributed by atoms with van der Waals surface area (Å²) < 4.78 is 17.9. The van der Waals surface area contributed by atoms with Gasteiger partial charge in [0.2, 0.25) is 0 Å². The predicted molar refractivity (Wildman–Crippen MR) is 82.8 cm³/mol. The Hall–Kier alpha value is -1.41. The fraction of sp³-hybridized carbons (Fsp3) is 0.250. The SMILES string of the molecule is Cc1ccccc1COP(C)(=O)NCc1ccccc1. The molecule has 0 radical (unpaired) electrons. The van der Waals surface area contributed by atoms with E-state index in [0.29, 0.717) is 13.2 Å². The Morgan fingerprint density at radius 2 is 1.70 bits per heavy atom. The van der Waals surface area contributed by atoms with Gasteiger partial charge < -0.3 is 4.52 Å². The summed E-state index contributed by atoms with van der Waals surface area (Å²) in [6.07, 6.45) is 0. The maximum Gasteiger partial charge on any atom is 0.267 e. The van der Waals surface area contributed by atoms with Crippen molar-refractivity contribution < 1.29 is 9.09 Å². The van der Waals surface area contributed by atoms with Crippen LogP contribution in [0.4, 0.5) is 0 Å². The monoisotopic (exact) mass is 289 g/mol. The molecule has 0 saturated carbocycles. The van der Waals surface area contributed by atoms with Gasteiger partial charge in [0.1, 0.15) is 0 Å². The fourth-order valence-electron chi connectivity index (χ4n) is 1.84. The first-order valence-corrected chi connectivity index (χ1v) is 8.70. The molecule has 1 unspecified atom stereocenters. The second kappa shape index (κ2) is 6.85. The highest BCUT2D eigenvalue weighted by Gasteiger charge is 2.15. The first-order valence-electron chi connectivity index (χ1n) is 6.62. The standard InChI is InChI=1S/C16H20NO2P/c1-14-8-6-7-11-16(14)13-19-20(2,18)17-12-15-9-4-3-5-10-15/h3-11H,12-13H2,1-2H3,(H,17,18). The van der Waals surface area contributed by atoms with Crippen LogP contribution in [-0.2, 0) is 22.2 Å². The van der Waals surface area contributed by atoms with Crippen LogP contribution >= 0.6 is 7.52 Å². The zero-order valence-electron chi connectivity index (χ0n) is 11.9. The molecular weight excluding hydrogens is 269 g/mol. The van der Waals surface area contributed by atoms with Crippen molar-refractivity contribution in [1.29, 1.82) is 0 Å². The molecule has 0 aliphatic heterocycles. The van der Waals surface area contributed by atoms with E-state index in [1.54, 1.807) is 6.66 Å². The number of nitrogens with one attached hydrogen (secondary N) is 1. The van der Waals surface area contributed by atoms with Gasteiger partial charge in [-0.15, -0.1) is 0 Å². The van der Waals surface area contributed by atoms with E-state index in [-0.39, 0.29) is 0 Å². The third-order valence-corrected chi connectivity index (χ3v) is 4.50. The first kappa shape index (κ1) is 15.0. The van der Waals surface area contributed by atoms with Gasteiger partial charge in [0.15, 0.2) is 0 Å². The molecule has 0 fully saturated rings. The lowest BCUT2D eigenvalue weighted by Gasteiger charge is -2.16. The molecule has 0 spiro atoms. The smallest absolute Gasteiger partial charge is 0.267 e. The van der Waals surface area contributed by atoms with Gasteiger partial charge in [-0.25, -0.2) is 5.09 Å². The summed E-state index contributed by atoms with van der Waals surface area (Å²) in [5, 5.41) is 3.00. The lowest BCUT2D eigenvalue weighted by atomic mass is 10.1. The minimum atomic E-state index is -2.79. The average molecular weight is 289 g/mol. The zero-order chi connectivity index (χ0) is 14.4. The summed E-state index contributed by atoms with van der Waals surface area (Å²) in [5.74, 6) is 0. The van der Waals surface area contributed by atoms with Crippen LogP contribution in [0.2, 0.25) is 0 Å². The molecule has 0 heterocycles. The van der Waals surface area contributed by atoms with Crippen molar-refractivity contribution in [2.24, 2.45) is 0 Å². The summed E-state index contributed by atoms with van der Waals surface area (Å²) in [5.41, 5.74) is 3.31. The quantitative estimate of drug-likeness (QED) is 0.813. The lowest BCUT2D eigenvalue weighted by molar-refractivity contribution is 0.298. The number of aryl methyl sites for hydroxylation is 1. The summed E-state index contributed by atoms with van der Waals surface area (Å²) >= 11 is 0. The van der Waals surface area contributed by atoms with E-state index in [4.69, 9.17) is 4.52 Å². The van der Waals surface area contributed by atoms with Crippen molar-refractivity contribution in [3.8, 4) is 0 Å². The van der Waals surface area contributed by atoms with E-state index >= 15 is 0 Å². The van der Waals surface area contributed by atoms with Crippen LogP contribution in [0.1, 0.15) is 16.7 Å². The highest BCUT2D eigenvalue weighted by molar-refractivity contribution is 7.55. The molecule has 2 aromatic rings. The highest BCUT2D eigenvalue weighted by atomic mass is 31.2. The van der Waals surface area contributed by atoms with Crippen LogP contribution in [0, 0.1) is 6.92 Å². The van der Waals surface area contributed by atoms with Crippen LogP contribution in [0.5, 0.6) is 0 Å². The molecule has 0 aliphatic carbocycles. The van der Waals surface area contributed by atoms with Crippen LogP contribution < -0.4 is 5.09 Å². The lowest BCUT2D eigenvalue weighted by Crippen LogP contribution is -2.11. The van der Waals surface area contributed by atoms with E-state index in [2.05, 4.69) is 5.09 Å². The Morgan fingerprint density at radius 1 is 1.05 bits per heavy atom. The maximum absolute atomic E-state index is 12.3. The van der Waals surface area contributed by atoms with Crippen LogP contribution in [0.3, 0.4) is 0 Å². The predicted octanol–water partition coefficient (Wildman–Crippen LogP) is 4.12. The van der Waals surface area contributed by atoms with E-state index in [1.807, 2.05) is 61.5 Å². The third kappa shape index (κ3) is 4.61. The molecule has 106 valence electrons. The number of benzene rings is 2. The largest absolute Gasteiger partial charge is 0.313 e. The normalized spacial score (nSPS) is 13.9. The van der Waals surface area contributed by atoms with Gasteiger partial charge in [0, 0.05) is 13.2 Å². The molecule has 0 bridgehead atoms. The molecule has 0 saturated heterocycles. The maximum atomic E-state index is 12.3. The number of hydrogen-bond donors (Lipinski definition) is 1. The van der Waals surface area contributed by atoms with Crippen molar-refractivity contribution in [3.63, 3.8) is 0 Å². The van der Waals surface area contributed by atoms with Crippen molar-refractivity contribution >= 4 is 7.52 Å². The summed E-state index contributed by atoms with van der Waals surface area (Å²) in [7, 11) is -2.79. The van der Waals surface area contributed by atoms with Gasteiger partial charge in [-0.1, -0.05) is 54.6 Å². The molecule has 3 nitrogen and oxygen atoms in total. The fourth-order valence-corrected chi connectivity index (χ4v) is 2.79. The summed E-state index contributed by atoms with van der Waals surface area (Å²) in [6, 6.07) is 17.8. The van der Waals surface area contributed by atoms with Gasteiger partial charge >= 0.3 is 0 Å². The van der Waals surface area contributed by atoms with Gasteiger partial charge in [0.25, 0.3) is 7.52 Å². The van der Waals surface area contributed by atoms with Crippen LogP contribution in [0.15, 0.2) is 54.6 Å². The Labute approximate surface area is 120 Å². The third-order valence-electron chi connectivity index (χ3n) is 3.14. The summed E-state index contributed by atoms with van der Waals surface area (Å²) in [6.45, 7) is 4.55. The topological polar surface area (TPSA) is 38.3 Å².